The highest BCUT2D eigenvalue weighted by molar-refractivity contribution is 7.45. The maximum absolute atomic E-state index is 12.9. The molecule has 0 radical (unpaired) electrons. The molecule has 0 saturated heterocycles. The maximum Gasteiger partial charge on any atom is 0.268 e. The molecule has 384 valence electrons. The zero-order chi connectivity index (χ0) is 47.8. The van der Waals surface area contributed by atoms with E-state index in [1.165, 1.54) is 205 Å². The van der Waals surface area contributed by atoms with Crippen molar-refractivity contribution in [2.75, 3.05) is 40.9 Å². The van der Waals surface area contributed by atoms with E-state index in [9.17, 15) is 19.4 Å². The number of amides is 1. The fourth-order valence-electron chi connectivity index (χ4n) is 8.17. The molecule has 0 rings (SSSR count). The van der Waals surface area contributed by atoms with Crippen LogP contribution in [0.25, 0.3) is 0 Å². The number of rotatable bonds is 51. The van der Waals surface area contributed by atoms with Crippen LogP contribution < -0.4 is 10.2 Å². The number of likely N-dealkylation sites (N-methyl/N-ethyl adjacent to an activating group) is 1. The number of phosphoric acid groups is 1. The molecule has 65 heavy (non-hydrogen) atoms. The van der Waals surface area contributed by atoms with E-state index in [0.717, 1.165) is 38.5 Å². The van der Waals surface area contributed by atoms with Crippen LogP contribution >= 0.6 is 7.82 Å². The van der Waals surface area contributed by atoms with Crippen molar-refractivity contribution in [3.05, 3.63) is 36.5 Å². The van der Waals surface area contributed by atoms with E-state index in [1.807, 2.05) is 27.2 Å². The van der Waals surface area contributed by atoms with E-state index < -0.39 is 26.6 Å². The standard InChI is InChI=1S/C56H109N2O6P/c1-6-8-10-12-14-16-18-20-22-24-26-27-28-29-30-31-32-34-36-38-40-42-44-46-48-50-56(60)57-54(53-64-65(61,62)63-52-51-58(3,4)5)55(59)49-47-45-43-41-39-37-35-33-25-23-21-19-17-15-13-11-9-7-2/h24,26,39,41,47,49,54-55,59H,6-23,25,27-38,40,42-46,48,50-53H2,1-5H3,(H-,57,60,61,62)/b26-24-,41-39+,49-47+. The van der Waals surface area contributed by atoms with Crippen LogP contribution in [0.1, 0.15) is 264 Å². The molecular weight excluding hydrogens is 828 g/mol. The first-order chi connectivity index (χ1) is 31.5. The van der Waals surface area contributed by atoms with Crippen LogP contribution in [0.2, 0.25) is 0 Å². The van der Waals surface area contributed by atoms with Crippen LogP contribution in [0.4, 0.5) is 0 Å². The number of nitrogens with zero attached hydrogens (tertiary/aromatic N) is 1. The second-order valence-electron chi connectivity index (χ2n) is 20.3. The summed E-state index contributed by atoms with van der Waals surface area (Å²) in [4.78, 5) is 25.5. The molecule has 0 aliphatic carbocycles. The van der Waals surface area contributed by atoms with Gasteiger partial charge in [-0.05, 0) is 57.8 Å². The first-order valence-corrected chi connectivity index (χ1v) is 29.3. The van der Waals surface area contributed by atoms with E-state index in [4.69, 9.17) is 9.05 Å². The van der Waals surface area contributed by atoms with Gasteiger partial charge in [-0.1, -0.05) is 237 Å². The summed E-state index contributed by atoms with van der Waals surface area (Å²) in [5.41, 5.74) is 0. The molecule has 0 fully saturated rings. The van der Waals surface area contributed by atoms with Gasteiger partial charge in [0.2, 0.25) is 5.91 Å². The van der Waals surface area contributed by atoms with Crippen LogP contribution in [-0.4, -0.2) is 68.5 Å². The van der Waals surface area contributed by atoms with Gasteiger partial charge in [-0.15, -0.1) is 0 Å². The Kier molecular flexibility index (Phi) is 46.8. The minimum absolute atomic E-state index is 0.00546. The minimum Gasteiger partial charge on any atom is -0.756 e. The highest BCUT2D eigenvalue weighted by Crippen LogP contribution is 2.38. The Balaban J connectivity index is 4.24. The number of quaternary nitrogens is 1. The molecule has 0 saturated carbocycles. The topological polar surface area (TPSA) is 108 Å². The van der Waals surface area contributed by atoms with Crippen molar-refractivity contribution in [3.63, 3.8) is 0 Å². The number of unbranched alkanes of at least 4 members (excludes halogenated alkanes) is 34. The summed E-state index contributed by atoms with van der Waals surface area (Å²) in [6, 6.07) is -0.902. The van der Waals surface area contributed by atoms with Gasteiger partial charge in [0.25, 0.3) is 7.82 Å². The highest BCUT2D eigenvalue weighted by atomic mass is 31.2. The van der Waals surface area contributed by atoms with Crippen LogP contribution in [0.3, 0.4) is 0 Å². The van der Waals surface area contributed by atoms with Crippen molar-refractivity contribution in [2.45, 2.75) is 276 Å². The number of carbonyl (C=O) groups excluding carboxylic acids is 1. The van der Waals surface area contributed by atoms with Gasteiger partial charge in [-0.3, -0.25) is 9.36 Å². The van der Waals surface area contributed by atoms with Crippen LogP contribution in [0.15, 0.2) is 36.5 Å². The van der Waals surface area contributed by atoms with Crippen molar-refractivity contribution in [1.82, 2.24) is 5.32 Å². The third-order valence-electron chi connectivity index (χ3n) is 12.6. The van der Waals surface area contributed by atoms with Gasteiger partial charge >= 0.3 is 0 Å². The van der Waals surface area contributed by atoms with Gasteiger partial charge < -0.3 is 28.8 Å². The monoisotopic (exact) mass is 937 g/mol. The molecular formula is C56H109N2O6P. The van der Waals surface area contributed by atoms with Gasteiger partial charge in [-0.2, -0.15) is 0 Å². The Morgan fingerprint density at radius 2 is 0.862 bits per heavy atom. The van der Waals surface area contributed by atoms with Crippen molar-refractivity contribution >= 4 is 13.7 Å². The molecule has 2 N–H and O–H groups in total. The number of nitrogens with one attached hydrogen (secondary N) is 1. The number of hydrogen-bond acceptors (Lipinski definition) is 6. The Morgan fingerprint density at radius 3 is 1.25 bits per heavy atom. The summed E-state index contributed by atoms with van der Waals surface area (Å²) in [5, 5.41) is 13.8. The normalized spacial score (nSPS) is 14.3. The number of allylic oxidation sites excluding steroid dienone is 5. The van der Waals surface area contributed by atoms with E-state index in [0.29, 0.717) is 17.4 Å². The summed E-state index contributed by atoms with van der Waals surface area (Å²) >= 11 is 0. The third kappa shape index (κ3) is 50.4. The second-order valence-corrected chi connectivity index (χ2v) is 21.7. The van der Waals surface area contributed by atoms with Crippen LogP contribution in [-0.2, 0) is 18.4 Å². The Bertz CT molecular complexity index is 1150. The van der Waals surface area contributed by atoms with Crippen molar-refractivity contribution in [2.24, 2.45) is 0 Å². The SMILES string of the molecule is CCCCCCCCCC/C=C\CCCCCCCCCCCCCCCC(=O)NC(COP(=O)([O-])OCC[N+](C)(C)C)C(O)/C=C/CC/C=C/CCCCCCCCCCCCCC. The molecule has 1 amide bonds. The van der Waals surface area contributed by atoms with Crippen molar-refractivity contribution in [3.8, 4) is 0 Å². The lowest BCUT2D eigenvalue weighted by Crippen LogP contribution is -2.45. The molecule has 9 heteroatoms. The Morgan fingerprint density at radius 1 is 0.523 bits per heavy atom. The molecule has 0 aromatic carbocycles. The molecule has 0 heterocycles. The van der Waals surface area contributed by atoms with Crippen molar-refractivity contribution < 1.29 is 32.9 Å². The largest absolute Gasteiger partial charge is 0.756 e. The molecule has 0 aliphatic rings. The highest BCUT2D eigenvalue weighted by Gasteiger charge is 2.23. The zero-order valence-corrected chi connectivity index (χ0v) is 44.6. The van der Waals surface area contributed by atoms with Crippen molar-refractivity contribution in [1.29, 1.82) is 0 Å². The number of hydrogen-bond donors (Lipinski definition) is 2. The van der Waals surface area contributed by atoms with Crippen LogP contribution in [0.5, 0.6) is 0 Å². The fourth-order valence-corrected chi connectivity index (χ4v) is 8.89. The number of carbonyl (C=O) groups is 1. The van der Waals surface area contributed by atoms with E-state index >= 15 is 0 Å². The molecule has 8 nitrogen and oxygen atoms in total. The van der Waals surface area contributed by atoms with Gasteiger partial charge in [0.05, 0.1) is 39.9 Å². The zero-order valence-electron chi connectivity index (χ0n) is 43.7. The molecule has 0 spiro atoms. The quantitative estimate of drug-likeness (QED) is 0.0272. The van der Waals surface area contributed by atoms with Gasteiger partial charge in [0, 0.05) is 6.42 Å². The summed E-state index contributed by atoms with van der Waals surface area (Å²) in [6.07, 6.45) is 60.7. The Labute approximate surface area is 404 Å². The van der Waals surface area contributed by atoms with Gasteiger partial charge in [0.1, 0.15) is 13.2 Å². The molecule has 3 atom stereocenters. The van der Waals surface area contributed by atoms with Crippen LogP contribution in [0, 0.1) is 0 Å². The second kappa shape index (κ2) is 47.8. The molecule has 0 aromatic rings. The molecule has 0 aromatic heterocycles. The Hall–Kier alpha value is -1.28. The first-order valence-electron chi connectivity index (χ1n) is 27.9. The smallest absolute Gasteiger partial charge is 0.268 e. The lowest BCUT2D eigenvalue weighted by Gasteiger charge is -2.29. The first kappa shape index (κ1) is 63.7. The minimum atomic E-state index is -4.60. The maximum atomic E-state index is 12.9. The third-order valence-corrected chi connectivity index (χ3v) is 13.5. The number of aliphatic hydroxyl groups is 1. The summed E-state index contributed by atoms with van der Waals surface area (Å²) in [5.74, 6) is -0.205. The van der Waals surface area contributed by atoms with E-state index in [-0.39, 0.29) is 12.5 Å². The van der Waals surface area contributed by atoms with Gasteiger partial charge in [-0.25, -0.2) is 0 Å². The van der Waals surface area contributed by atoms with E-state index in [1.54, 1.807) is 6.08 Å². The van der Waals surface area contributed by atoms with Gasteiger partial charge in [0.15, 0.2) is 0 Å². The molecule has 0 bridgehead atoms. The number of aliphatic hydroxyl groups excluding tert-OH is 1. The average Bonchev–Trinajstić information content (AvgIpc) is 3.26. The fraction of sp³-hybridized carbons (Fsp3) is 0.875. The summed E-state index contributed by atoms with van der Waals surface area (Å²) < 4.78 is 23.3. The lowest BCUT2D eigenvalue weighted by atomic mass is 10.0. The summed E-state index contributed by atoms with van der Waals surface area (Å²) in [6.45, 7) is 4.65. The lowest BCUT2D eigenvalue weighted by molar-refractivity contribution is -0.870. The average molecular weight is 937 g/mol. The predicted octanol–water partition coefficient (Wildman–Crippen LogP) is 16.0. The molecule has 3 unspecified atom stereocenters. The van der Waals surface area contributed by atoms with E-state index in [2.05, 4.69) is 43.5 Å². The molecule has 0 aliphatic heterocycles. The predicted molar refractivity (Wildman–Crippen MR) is 279 cm³/mol. The number of phosphoric ester groups is 1. The summed E-state index contributed by atoms with van der Waals surface area (Å²) in [7, 11) is 1.25.